The highest BCUT2D eigenvalue weighted by atomic mass is 19.1. The van der Waals surface area contributed by atoms with Crippen molar-refractivity contribution in [2.75, 3.05) is 18.9 Å². The van der Waals surface area contributed by atoms with Gasteiger partial charge in [0.2, 0.25) is 5.95 Å². The van der Waals surface area contributed by atoms with E-state index in [1.807, 2.05) is 0 Å². The number of H-pyrrole nitrogens is 1. The average Bonchev–Trinajstić information content (AvgIpc) is 3.03. The maximum absolute atomic E-state index is 14.5. The summed E-state index contributed by atoms with van der Waals surface area (Å²) in [6, 6.07) is 0. The lowest BCUT2D eigenvalue weighted by molar-refractivity contribution is -0.120. The summed E-state index contributed by atoms with van der Waals surface area (Å²) in [5.41, 5.74) is 3.23. The van der Waals surface area contributed by atoms with Crippen LogP contribution in [0.15, 0.2) is 16.1 Å². The summed E-state index contributed by atoms with van der Waals surface area (Å²) in [4.78, 5) is 25.4. The molecule has 5 N–H and O–H groups in total. The number of alkyl halides is 1. The predicted octanol–water partition coefficient (Wildman–Crippen LogP) is -1.64. The number of aliphatic hydroxyl groups excluding tert-OH is 2. The van der Waals surface area contributed by atoms with Crippen LogP contribution < -0.4 is 11.3 Å². The lowest BCUT2D eigenvalue weighted by Gasteiger charge is -2.27. The third-order valence-corrected chi connectivity index (χ3v) is 3.84. The number of aliphatic hydroxyl groups is 2. The second kappa shape index (κ2) is 5.37. The van der Waals surface area contributed by atoms with Crippen molar-refractivity contribution >= 4 is 23.8 Å². The summed E-state index contributed by atoms with van der Waals surface area (Å²) >= 11 is 0. The first kappa shape index (κ1) is 15.5. The number of imidazole rings is 1. The van der Waals surface area contributed by atoms with Gasteiger partial charge in [-0.2, -0.15) is 4.98 Å². The van der Waals surface area contributed by atoms with Gasteiger partial charge in [0.25, 0.3) is 5.56 Å². The highest BCUT2D eigenvalue weighted by Crippen LogP contribution is 2.40. The zero-order valence-electron chi connectivity index (χ0n) is 11.9. The molecule has 1 aliphatic heterocycles. The Morgan fingerprint density at radius 1 is 1.65 bits per heavy atom. The molecule has 1 saturated heterocycles. The summed E-state index contributed by atoms with van der Waals surface area (Å²) in [5, 5.41) is 19.6. The van der Waals surface area contributed by atoms with Gasteiger partial charge in [-0.05, 0) is 6.72 Å². The Hall–Kier alpha value is -2.37. The fraction of sp³-hybridized carbons (Fsp3) is 0.500. The fourth-order valence-corrected chi connectivity index (χ4v) is 2.66. The number of aliphatic imine (C=N–C) groups is 1. The number of anilines is 1. The van der Waals surface area contributed by atoms with E-state index in [0.29, 0.717) is 0 Å². The van der Waals surface area contributed by atoms with Crippen LogP contribution in [-0.4, -0.2) is 67.5 Å². The number of nitrogen functional groups attached to an aromatic ring is 1. The molecule has 2 aromatic rings. The molecule has 3 rings (SSSR count). The third kappa shape index (κ3) is 2.20. The molecule has 1 fully saturated rings. The molecule has 0 unspecified atom stereocenters. The normalized spacial score (nSPS) is 30.8. The molecule has 2 aromatic heterocycles. The zero-order chi connectivity index (χ0) is 16.8. The predicted molar refractivity (Wildman–Crippen MR) is 77.8 cm³/mol. The number of aromatic amines is 1. The summed E-state index contributed by atoms with van der Waals surface area (Å²) in [5.74, 6) is -0.167. The molecule has 0 bridgehead atoms. The standard InChI is InChI=1S/C12H15FN6O4/c1-15-2-12(3-20)7(21)5(13)10(23-12)19-4-16-6-8(19)17-11(14)18-9(6)22/h4-5,7,10,20-21H,1-3H2,(H3,14,17,18,22)/t5-,7+,10-,12-/m1/s1. The SMILES string of the molecule is C=NC[C@]1(CO)O[C@@H](n2cnc3c(=O)[nH]c(N)nc32)[C@H](F)[C@@H]1O. The molecule has 10 nitrogen and oxygen atoms in total. The molecule has 0 aliphatic carbocycles. The Labute approximate surface area is 128 Å². The van der Waals surface area contributed by atoms with E-state index in [1.54, 1.807) is 0 Å². The maximum atomic E-state index is 14.5. The van der Waals surface area contributed by atoms with Crippen LogP contribution in [-0.2, 0) is 4.74 Å². The summed E-state index contributed by atoms with van der Waals surface area (Å²) in [6.07, 6.45) is -3.73. The molecule has 0 radical (unpaired) electrons. The number of nitrogens with two attached hydrogens (primary N) is 1. The summed E-state index contributed by atoms with van der Waals surface area (Å²) in [6.45, 7) is 2.41. The first-order valence-electron chi connectivity index (χ1n) is 6.69. The third-order valence-electron chi connectivity index (χ3n) is 3.84. The van der Waals surface area contributed by atoms with Crippen LogP contribution in [0, 0.1) is 0 Å². The molecule has 0 spiro atoms. The van der Waals surface area contributed by atoms with Gasteiger partial charge in [0.05, 0.1) is 19.5 Å². The van der Waals surface area contributed by atoms with E-state index < -0.39 is 36.3 Å². The van der Waals surface area contributed by atoms with Crippen molar-refractivity contribution in [1.82, 2.24) is 19.5 Å². The molecule has 0 aromatic carbocycles. The second-order valence-electron chi connectivity index (χ2n) is 5.28. The topological polar surface area (TPSA) is 152 Å². The van der Waals surface area contributed by atoms with Gasteiger partial charge in [-0.15, -0.1) is 0 Å². The minimum absolute atomic E-state index is 0.00593. The van der Waals surface area contributed by atoms with E-state index in [9.17, 15) is 19.4 Å². The quantitative estimate of drug-likeness (QED) is 0.492. The van der Waals surface area contributed by atoms with Crippen molar-refractivity contribution in [3.8, 4) is 0 Å². The minimum Gasteiger partial charge on any atom is -0.393 e. The summed E-state index contributed by atoms with van der Waals surface area (Å²) in [7, 11) is 0. The lowest BCUT2D eigenvalue weighted by Crippen LogP contribution is -2.48. The molecule has 4 atom stereocenters. The van der Waals surface area contributed by atoms with Gasteiger partial charge in [-0.1, -0.05) is 0 Å². The van der Waals surface area contributed by atoms with Crippen LogP contribution in [0.2, 0.25) is 0 Å². The molecular weight excluding hydrogens is 311 g/mol. The van der Waals surface area contributed by atoms with E-state index in [2.05, 4.69) is 26.7 Å². The second-order valence-corrected chi connectivity index (χ2v) is 5.28. The van der Waals surface area contributed by atoms with Crippen molar-refractivity contribution < 1.29 is 19.3 Å². The summed E-state index contributed by atoms with van der Waals surface area (Å²) < 4.78 is 21.2. The number of fused-ring (bicyclic) bond motifs is 1. The molecule has 23 heavy (non-hydrogen) atoms. The minimum atomic E-state index is -1.90. The Morgan fingerprint density at radius 2 is 2.39 bits per heavy atom. The monoisotopic (exact) mass is 326 g/mol. The van der Waals surface area contributed by atoms with Crippen molar-refractivity contribution in [2.24, 2.45) is 4.99 Å². The number of ether oxygens (including phenoxy) is 1. The molecule has 1 aliphatic rings. The number of rotatable bonds is 4. The van der Waals surface area contributed by atoms with E-state index in [0.717, 1.165) is 10.9 Å². The smallest absolute Gasteiger partial charge is 0.280 e. The zero-order valence-corrected chi connectivity index (χ0v) is 11.9. The maximum Gasteiger partial charge on any atom is 0.280 e. The van der Waals surface area contributed by atoms with E-state index in [4.69, 9.17) is 10.5 Å². The molecule has 11 heteroatoms. The Bertz CT molecular complexity index is 806. The van der Waals surface area contributed by atoms with Crippen LogP contribution in [0.1, 0.15) is 6.23 Å². The van der Waals surface area contributed by atoms with Crippen LogP contribution in [0.25, 0.3) is 11.2 Å². The fourth-order valence-electron chi connectivity index (χ4n) is 2.66. The highest BCUT2D eigenvalue weighted by molar-refractivity contribution is 5.70. The number of hydrogen-bond donors (Lipinski definition) is 4. The lowest BCUT2D eigenvalue weighted by atomic mass is 9.97. The van der Waals surface area contributed by atoms with Gasteiger partial charge in [-0.25, -0.2) is 9.37 Å². The Kier molecular flexibility index (Phi) is 3.62. The van der Waals surface area contributed by atoms with Gasteiger partial charge in [-0.3, -0.25) is 19.3 Å². The van der Waals surface area contributed by atoms with Gasteiger partial charge < -0.3 is 20.7 Å². The first-order valence-corrected chi connectivity index (χ1v) is 6.69. The number of nitrogens with zero attached hydrogens (tertiary/aromatic N) is 4. The Balaban J connectivity index is 2.09. The van der Waals surface area contributed by atoms with Crippen molar-refractivity contribution in [3.05, 3.63) is 16.7 Å². The average molecular weight is 326 g/mol. The number of halogens is 1. The van der Waals surface area contributed by atoms with Gasteiger partial charge >= 0.3 is 0 Å². The van der Waals surface area contributed by atoms with Crippen LogP contribution >= 0.6 is 0 Å². The Morgan fingerprint density at radius 3 is 3.04 bits per heavy atom. The molecule has 124 valence electrons. The van der Waals surface area contributed by atoms with Crippen molar-refractivity contribution in [2.45, 2.75) is 24.1 Å². The highest BCUT2D eigenvalue weighted by Gasteiger charge is 2.56. The van der Waals surface area contributed by atoms with Crippen molar-refractivity contribution in [1.29, 1.82) is 0 Å². The van der Waals surface area contributed by atoms with Gasteiger partial charge in [0.1, 0.15) is 11.7 Å². The number of aromatic nitrogens is 4. The van der Waals surface area contributed by atoms with E-state index >= 15 is 0 Å². The van der Waals surface area contributed by atoms with Crippen LogP contribution in [0.4, 0.5) is 10.3 Å². The molecular formula is C12H15FN6O4. The first-order chi connectivity index (χ1) is 10.9. The largest absolute Gasteiger partial charge is 0.393 e. The molecule has 0 amide bonds. The van der Waals surface area contributed by atoms with Gasteiger partial charge in [0, 0.05) is 0 Å². The van der Waals surface area contributed by atoms with Crippen LogP contribution in [0.3, 0.4) is 0 Å². The van der Waals surface area contributed by atoms with E-state index in [-0.39, 0.29) is 23.7 Å². The molecule has 3 heterocycles. The van der Waals surface area contributed by atoms with E-state index in [1.165, 1.54) is 0 Å². The van der Waals surface area contributed by atoms with Crippen molar-refractivity contribution in [3.63, 3.8) is 0 Å². The number of nitrogens with one attached hydrogen (secondary N) is 1. The molecule has 0 saturated carbocycles. The number of hydrogen-bond acceptors (Lipinski definition) is 8. The van der Waals surface area contributed by atoms with Gasteiger partial charge in [0.15, 0.2) is 23.6 Å². The van der Waals surface area contributed by atoms with Crippen LogP contribution in [0.5, 0.6) is 0 Å².